The molecular formula is C40H36N2. The van der Waals surface area contributed by atoms with E-state index in [0.29, 0.717) is 0 Å². The Morgan fingerprint density at radius 2 is 1.43 bits per heavy atom. The number of pyridine rings is 1. The van der Waals surface area contributed by atoms with Crippen LogP contribution in [0.1, 0.15) is 36.1 Å². The third-order valence-corrected chi connectivity index (χ3v) is 7.48. The van der Waals surface area contributed by atoms with Crippen molar-refractivity contribution in [1.82, 2.24) is 4.98 Å². The van der Waals surface area contributed by atoms with Crippen LogP contribution in [0.15, 0.2) is 151 Å². The number of fused-ring (bicyclic) bond motifs is 1. The average Bonchev–Trinajstić information content (AvgIpc) is 3.02. The Hall–Kier alpha value is -5.08. The number of aliphatic imine (C=N–C) groups is 1. The molecule has 0 fully saturated rings. The average molecular weight is 545 g/mol. The van der Waals surface area contributed by atoms with E-state index < -0.39 is 0 Å². The summed E-state index contributed by atoms with van der Waals surface area (Å²) < 4.78 is 0. The van der Waals surface area contributed by atoms with E-state index in [0.717, 1.165) is 44.9 Å². The fourth-order valence-corrected chi connectivity index (χ4v) is 5.09. The number of hydrogen-bond donors (Lipinski definition) is 0. The van der Waals surface area contributed by atoms with Gasteiger partial charge in [0.05, 0.1) is 0 Å². The summed E-state index contributed by atoms with van der Waals surface area (Å²) in [5.41, 5.74) is 11.0. The molecule has 0 saturated heterocycles. The van der Waals surface area contributed by atoms with Gasteiger partial charge < -0.3 is 0 Å². The molecule has 1 aromatic heterocycles. The minimum atomic E-state index is 0.723. The highest BCUT2D eigenvalue weighted by Crippen LogP contribution is 2.30. The molecule has 2 heteroatoms. The summed E-state index contributed by atoms with van der Waals surface area (Å²) in [5, 5.41) is 2.46. The van der Waals surface area contributed by atoms with Gasteiger partial charge in [0.25, 0.3) is 0 Å². The highest BCUT2D eigenvalue weighted by molar-refractivity contribution is 6.04. The molecule has 0 N–H and O–H groups in total. The lowest BCUT2D eigenvalue weighted by Gasteiger charge is -2.13. The molecule has 5 aromatic rings. The third kappa shape index (κ3) is 6.62. The first kappa shape index (κ1) is 28.4. The van der Waals surface area contributed by atoms with E-state index in [-0.39, 0.29) is 0 Å². The molecule has 0 aliphatic rings. The number of aromatic nitrogens is 1. The van der Waals surface area contributed by atoms with Crippen LogP contribution in [-0.2, 0) is 0 Å². The minimum absolute atomic E-state index is 0.723. The maximum Gasteiger partial charge on any atom is 0.154 e. The zero-order valence-electron chi connectivity index (χ0n) is 24.8. The van der Waals surface area contributed by atoms with Crippen LogP contribution in [0.25, 0.3) is 33.0 Å². The number of rotatable bonds is 8. The molecule has 1 heterocycles. The van der Waals surface area contributed by atoms with Crippen LogP contribution in [0.2, 0.25) is 0 Å². The Morgan fingerprint density at radius 3 is 2.17 bits per heavy atom. The summed E-state index contributed by atoms with van der Waals surface area (Å²) in [5.74, 6) is 0.723. The molecule has 4 aromatic carbocycles. The van der Waals surface area contributed by atoms with Gasteiger partial charge in [-0.05, 0) is 101 Å². The van der Waals surface area contributed by atoms with E-state index in [2.05, 4.69) is 143 Å². The van der Waals surface area contributed by atoms with Gasteiger partial charge >= 0.3 is 0 Å². The van der Waals surface area contributed by atoms with Crippen LogP contribution in [0, 0.1) is 13.8 Å². The lowest BCUT2D eigenvalue weighted by atomic mass is 9.92. The molecule has 0 atom stereocenters. The first-order valence-corrected chi connectivity index (χ1v) is 14.3. The Labute approximate surface area is 249 Å². The van der Waals surface area contributed by atoms with Crippen molar-refractivity contribution in [3.63, 3.8) is 0 Å². The van der Waals surface area contributed by atoms with Gasteiger partial charge in [0.1, 0.15) is 0 Å². The van der Waals surface area contributed by atoms with Crippen molar-refractivity contribution in [1.29, 1.82) is 0 Å². The lowest BCUT2D eigenvalue weighted by molar-refractivity contribution is 1.22. The van der Waals surface area contributed by atoms with Crippen LogP contribution in [0.5, 0.6) is 0 Å². The Kier molecular flexibility index (Phi) is 8.84. The summed E-state index contributed by atoms with van der Waals surface area (Å²) in [6, 6.07) is 36.0. The van der Waals surface area contributed by atoms with E-state index in [1.165, 1.54) is 27.5 Å². The number of nitrogens with zero attached hydrogens (tertiary/aromatic N) is 2. The van der Waals surface area contributed by atoms with E-state index >= 15 is 0 Å². The van der Waals surface area contributed by atoms with E-state index in [1.54, 1.807) is 0 Å². The van der Waals surface area contributed by atoms with Crippen molar-refractivity contribution in [2.45, 2.75) is 27.7 Å². The highest BCUT2D eigenvalue weighted by atomic mass is 14.9. The van der Waals surface area contributed by atoms with E-state index in [1.807, 2.05) is 25.3 Å². The lowest BCUT2D eigenvalue weighted by Crippen LogP contribution is -1.96. The van der Waals surface area contributed by atoms with Crippen LogP contribution in [0.3, 0.4) is 0 Å². The maximum absolute atomic E-state index is 4.95. The minimum Gasteiger partial charge on any atom is -0.236 e. The zero-order chi connectivity index (χ0) is 29.5. The second-order valence-electron chi connectivity index (χ2n) is 10.6. The van der Waals surface area contributed by atoms with Crippen LogP contribution in [0.4, 0.5) is 5.82 Å². The van der Waals surface area contributed by atoms with E-state index in [4.69, 9.17) is 9.98 Å². The standard InChI is InChI=1S/C40H36N2/c1-6-32(21-20-28(2)33-15-8-7-9-16-33)39(38-19-13-10-14-29(38)3)25-31(5)42-40-30(4)24-37(27-41-40)36-23-22-34-17-11-12-18-35(34)26-36/h6-27H,1H2,2-5H3/b28-20+,32-21+,39-25-,42-31?. The molecule has 0 unspecified atom stereocenters. The molecule has 0 spiro atoms. The first-order chi connectivity index (χ1) is 20.4. The maximum atomic E-state index is 4.95. The summed E-state index contributed by atoms with van der Waals surface area (Å²) in [7, 11) is 0. The number of aryl methyl sites for hydroxylation is 2. The predicted octanol–water partition coefficient (Wildman–Crippen LogP) is 10.9. The van der Waals surface area contributed by atoms with Gasteiger partial charge in [-0.2, -0.15) is 0 Å². The molecule has 0 radical (unpaired) electrons. The normalized spacial score (nSPS) is 13.0. The van der Waals surface area contributed by atoms with Gasteiger partial charge in [0, 0.05) is 17.5 Å². The van der Waals surface area contributed by atoms with Gasteiger partial charge in [-0.15, -0.1) is 0 Å². The second-order valence-corrected chi connectivity index (χ2v) is 10.6. The highest BCUT2D eigenvalue weighted by Gasteiger charge is 2.10. The summed E-state index contributed by atoms with van der Waals surface area (Å²) in [6.07, 6.45) is 10.3. The smallest absolute Gasteiger partial charge is 0.154 e. The zero-order valence-corrected chi connectivity index (χ0v) is 24.8. The van der Waals surface area contributed by atoms with Crippen LogP contribution >= 0.6 is 0 Å². The molecule has 2 nitrogen and oxygen atoms in total. The Balaban J connectivity index is 1.51. The summed E-state index contributed by atoms with van der Waals surface area (Å²) in [6.45, 7) is 12.5. The molecule has 0 aliphatic carbocycles. The van der Waals surface area contributed by atoms with Crippen molar-refractivity contribution in [2.24, 2.45) is 4.99 Å². The number of allylic oxidation sites excluding steroid dienone is 7. The molecule has 206 valence electrons. The van der Waals surface area contributed by atoms with Gasteiger partial charge in [-0.1, -0.05) is 116 Å². The quantitative estimate of drug-likeness (QED) is 0.141. The molecule has 5 rings (SSSR count). The van der Waals surface area contributed by atoms with Gasteiger partial charge in [-0.3, -0.25) is 0 Å². The Morgan fingerprint density at radius 1 is 0.714 bits per heavy atom. The molecule has 0 saturated carbocycles. The SMILES string of the molecule is C=CC(=C\C=C(/C)c1ccccc1)/C(=C/C(C)=Nc1ncc(-c2ccc3ccccc3c2)cc1C)c1ccccc1C. The van der Waals surface area contributed by atoms with Crippen molar-refractivity contribution in [3.05, 3.63) is 168 Å². The largest absolute Gasteiger partial charge is 0.236 e. The molecule has 0 aliphatic heterocycles. The Bertz CT molecular complexity index is 1870. The van der Waals surface area contributed by atoms with Crippen LogP contribution < -0.4 is 0 Å². The van der Waals surface area contributed by atoms with Gasteiger partial charge in [0.15, 0.2) is 5.82 Å². The molecule has 0 amide bonds. The van der Waals surface area contributed by atoms with Gasteiger partial charge in [0.2, 0.25) is 0 Å². The fraction of sp³-hybridized carbons (Fsp3) is 0.100. The van der Waals surface area contributed by atoms with Crippen molar-refractivity contribution in [2.75, 3.05) is 0 Å². The van der Waals surface area contributed by atoms with Crippen molar-refractivity contribution >= 4 is 33.4 Å². The molecular weight excluding hydrogens is 508 g/mol. The molecule has 42 heavy (non-hydrogen) atoms. The summed E-state index contributed by atoms with van der Waals surface area (Å²) >= 11 is 0. The van der Waals surface area contributed by atoms with Crippen LogP contribution in [-0.4, -0.2) is 10.7 Å². The fourth-order valence-electron chi connectivity index (χ4n) is 5.09. The number of hydrogen-bond acceptors (Lipinski definition) is 2. The van der Waals surface area contributed by atoms with E-state index in [9.17, 15) is 0 Å². The monoisotopic (exact) mass is 544 g/mol. The number of benzene rings is 4. The molecule has 0 bridgehead atoms. The first-order valence-electron chi connectivity index (χ1n) is 14.3. The van der Waals surface area contributed by atoms with Crippen molar-refractivity contribution < 1.29 is 0 Å². The predicted molar refractivity (Wildman–Crippen MR) is 182 cm³/mol. The second kappa shape index (κ2) is 13.1. The summed E-state index contributed by atoms with van der Waals surface area (Å²) in [4.78, 5) is 9.72. The third-order valence-electron chi connectivity index (χ3n) is 7.48. The van der Waals surface area contributed by atoms with Crippen molar-refractivity contribution in [3.8, 4) is 11.1 Å². The van der Waals surface area contributed by atoms with Gasteiger partial charge in [-0.25, -0.2) is 9.98 Å². The topological polar surface area (TPSA) is 25.2 Å².